The van der Waals surface area contributed by atoms with Crippen molar-refractivity contribution in [2.24, 2.45) is 0 Å². The maximum Gasteiger partial charge on any atom is 0.134 e. The fourth-order valence-corrected chi connectivity index (χ4v) is 1.86. The van der Waals surface area contributed by atoms with Crippen molar-refractivity contribution in [3.63, 3.8) is 0 Å². The zero-order valence-electron chi connectivity index (χ0n) is 10.7. The lowest BCUT2D eigenvalue weighted by Crippen LogP contribution is -2.08. The quantitative estimate of drug-likeness (QED) is 0.871. The summed E-state index contributed by atoms with van der Waals surface area (Å²) >= 11 is 0. The molecule has 0 spiro atoms. The van der Waals surface area contributed by atoms with Crippen molar-refractivity contribution in [1.29, 1.82) is 5.26 Å². The zero-order valence-corrected chi connectivity index (χ0v) is 10.7. The number of hydrogen-bond acceptors (Lipinski definition) is 5. The first kappa shape index (κ1) is 12.8. The van der Waals surface area contributed by atoms with Gasteiger partial charge in [-0.05, 0) is 24.1 Å². The second-order valence-electron chi connectivity index (χ2n) is 4.11. The predicted molar refractivity (Wildman–Crippen MR) is 74.3 cm³/mol. The highest BCUT2D eigenvalue weighted by Crippen LogP contribution is 2.18. The average molecular weight is 253 g/mol. The van der Waals surface area contributed by atoms with E-state index in [1.54, 1.807) is 6.07 Å². The molecule has 96 valence electrons. The largest absolute Gasteiger partial charge is 0.383 e. The summed E-state index contributed by atoms with van der Waals surface area (Å²) in [5.41, 5.74) is 8.40. The second-order valence-corrected chi connectivity index (χ2v) is 4.11. The van der Waals surface area contributed by atoms with Crippen LogP contribution in [0.2, 0.25) is 0 Å². The van der Waals surface area contributed by atoms with E-state index in [9.17, 15) is 0 Å². The van der Waals surface area contributed by atoms with Crippen LogP contribution in [-0.4, -0.2) is 9.97 Å². The van der Waals surface area contributed by atoms with Gasteiger partial charge in [-0.3, -0.25) is 0 Å². The van der Waals surface area contributed by atoms with Crippen LogP contribution < -0.4 is 11.1 Å². The third-order valence-corrected chi connectivity index (χ3v) is 2.85. The van der Waals surface area contributed by atoms with Gasteiger partial charge in [0.1, 0.15) is 18.0 Å². The molecule has 19 heavy (non-hydrogen) atoms. The lowest BCUT2D eigenvalue weighted by Gasteiger charge is -2.11. The molecular formula is C14H15N5. The van der Waals surface area contributed by atoms with Crippen LogP contribution in [0.25, 0.3) is 0 Å². The molecule has 2 aromatic rings. The highest BCUT2D eigenvalue weighted by molar-refractivity contribution is 5.55. The summed E-state index contributed by atoms with van der Waals surface area (Å²) in [7, 11) is 0. The van der Waals surface area contributed by atoms with Gasteiger partial charge in [-0.1, -0.05) is 19.1 Å². The van der Waals surface area contributed by atoms with E-state index in [0.29, 0.717) is 17.9 Å². The number of hydrogen-bond donors (Lipinski definition) is 2. The number of nitrogen functional groups attached to an aromatic ring is 1. The smallest absolute Gasteiger partial charge is 0.134 e. The minimum Gasteiger partial charge on any atom is -0.383 e. The fraction of sp³-hybridized carbons (Fsp3) is 0.214. The van der Waals surface area contributed by atoms with E-state index in [1.807, 2.05) is 25.1 Å². The molecule has 3 N–H and O–H groups in total. The molecule has 0 aliphatic carbocycles. The maximum absolute atomic E-state index is 8.86. The van der Waals surface area contributed by atoms with Gasteiger partial charge in [-0.25, -0.2) is 9.97 Å². The number of nitrogens with one attached hydrogen (secondary N) is 1. The van der Waals surface area contributed by atoms with Gasteiger partial charge in [0.25, 0.3) is 0 Å². The first-order valence-electron chi connectivity index (χ1n) is 6.07. The van der Waals surface area contributed by atoms with Crippen LogP contribution in [0, 0.1) is 11.3 Å². The number of aromatic nitrogens is 2. The van der Waals surface area contributed by atoms with Crippen LogP contribution in [0.5, 0.6) is 0 Å². The molecule has 2 rings (SSSR count). The summed E-state index contributed by atoms with van der Waals surface area (Å²) in [6, 6.07) is 9.58. The van der Waals surface area contributed by atoms with E-state index in [-0.39, 0.29) is 0 Å². The molecule has 0 unspecified atom stereocenters. The van der Waals surface area contributed by atoms with E-state index >= 15 is 0 Å². The summed E-state index contributed by atoms with van der Waals surface area (Å²) in [4.78, 5) is 8.18. The monoisotopic (exact) mass is 253 g/mol. The van der Waals surface area contributed by atoms with Crippen LogP contribution in [0.3, 0.4) is 0 Å². The number of benzene rings is 1. The Hall–Kier alpha value is -2.61. The van der Waals surface area contributed by atoms with Crippen molar-refractivity contribution in [3.05, 3.63) is 47.3 Å². The molecule has 0 aliphatic rings. The van der Waals surface area contributed by atoms with Crippen LogP contribution in [0.15, 0.2) is 30.6 Å². The summed E-state index contributed by atoms with van der Waals surface area (Å²) in [5, 5.41) is 12.1. The highest BCUT2D eigenvalue weighted by Gasteiger charge is 2.06. The van der Waals surface area contributed by atoms with E-state index < -0.39 is 0 Å². The molecule has 0 aliphatic heterocycles. The van der Waals surface area contributed by atoms with Gasteiger partial charge >= 0.3 is 0 Å². The first-order chi connectivity index (χ1) is 9.24. The number of nitriles is 1. The van der Waals surface area contributed by atoms with Crippen LogP contribution in [0.1, 0.15) is 23.6 Å². The number of nitrogens with two attached hydrogens (primary N) is 1. The normalized spacial score (nSPS) is 9.89. The SMILES string of the molecule is CCc1c(N)ncnc1NCc1cccc(C#N)c1. The lowest BCUT2D eigenvalue weighted by molar-refractivity contribution is 1.02. The molecule has 5 nitrogen and oxygen atoms in total. The Morgan fingerprint density at radius 2 is 2.21 bits per heavy atom. The molecule has 0 saturated heterocycles. The Morgan fingerprint density at radius 1 is 1.37 bits per heavy atom. The van der Waals surface area contributed by atoms with E-state index in [4.69, 9.17) is 11.0 Å². The molecule has 0 atom stereocenters. The molecule has 5 heteroatoms. The van der Waals surface area contributed by atoms with Crippen molar-refractivity contribution in [2.75, 3.05) is 11.1 Å². The Morgan fingerprint density at radius 3 is 2.95 bits per heavy atom. The van der Waals surface area contributed by atoms with Gasteiger partial charge < -0.3 is 11.1 Å². The van der Waals surface area contributed by atoms with Gasteiger partial charge in [0.15, 0.2) is 0 Å². The Bertz CT molecular complexity index is 615. The minimum absolute atomic E-state index is 0.505. The van der Waals surface area contributed by atoms with Gasteiger partial charge in [0, 0.05) is 12.1 Å². The van der Waals surface area contributed by atoms with Crippen LogP contribution in [-0.2, 0) is 13.0 Å². The van der Waals surface area contributed by atoms with Gasteiger partial charge in [0.2, 0.25) is 0 Å². The van der Waals surface area contributed by atoms with Crippen LogP contribution in [0.4, 0.5) is 11.6 Å². The molecule has 0 amide bonds. The third-order valence-electron chi connectivity index (χ3n) is 2.85. The van der Waals surface area contributed by atoms with Gasteiger partial charge in [-0.15, -0.1) is 0 Å². The zero-order chi connectivity index (χ0) is 13.7. The molecule has 1 aromatic carbocycles. The molecule has 1 heterocycles. The lowest BCUT2D eigenvalue weighted by atomic mass is 10.1. The average Bonchev–Trinajstić information content (AvgIpc) is 2.45. The summed E-state index contributed by atoms with van der Waals surface area (Å²) in [6.45, 7) is 2.61. The number of anilines is 2. The molecule has 0 bridgehead atoms. The molecular weight excluding hydrogens is 238 g/mol. The van der Waals surface area contributed by atoms with Crippen molar-refractivity contribution < 1.29 is 0 Å². The second kappa shape index (κ2) is 5.83. The Balaban J connectivity index is 2.15. The van der Waals surface area contributed by atoms with Crippen molar-refractivity contribution in [3.8, 4) is 6.07 Å². The first-order valence-corrected chi connectivity index (χ1v) is 6.07. The highest BCUT2D eigenvalue weighted by atomic mass is 15.0. The number of rotatable bonds is 4. The molecule has 1 aromatic heterocycles. The van der Waals surface area contributed by atoms with Crippen LogP contribution >= 0.6 is 0 Å². The van der Waals surface area contributed by atoms with Gasteiger partial charge in [-0.2, -0.15) is 5.26 Å². The minimum atomic E-state index is 0.505. The van der Waals surface area contributed by atoms with Crippen molar-refractivity contribution in [2.45, 2.75) is 19.9 Å². The molecule has 0 fully saturated rings. The van der Waals surface area contributed by atoms with Gasteiger partial charge in [0.05, 0.1) is 11.6 Å². The topological polar surface area (TPSA) is 87.6 Å². The standard InChI is InChI=1S/C14H15N5/c1-2-12-13(16)18-9-19-14(12)17-8-11-5-3-4-10(6-11)7-15/h3-6,9H,2,8H2,1H3,(H3,16,17,18,19). The Kier molecular flexibility index (Phi) is 3.94. The third kappa shape index (κ3) is 2.99. The van der Waals surface area contributed by atoms with Crippen molar-refractivity contribution >= 4 is 11.6 Å². The molecule has 0 saturated carbocycles. The van der Waals surface area contributed by atoms with E-state index in [0.717, 1.165) is 23.4 Å². The summed E-state index contributed by atoms with van der Waals surface area (Å²) < 4.78 is 0. The fourth-order valence-electron chi connectivity index (χ4n) is 1.86. The summed E-state index contributed by atoms with van der Waals surface area (Å²) in [5.74, 6) is 1.25. The molecule has 0 radical (unpaired) electrons. The van der Waals surface area contributed by atoms with E-state index in [1.165, 1.54) is 6.33 Å². The Labute approximate surface area is 112 Å². The van der Waals surface area contributed by atoms with Crippen molar-refractivity contribution in [1.82, 2.24) is 9.97 Å². The maximum atomic E-state index is 8.86. The number of nitrogens with zero attached hydrogens (tertiary/aromatic N) is 3. The summed E-state index contributed by atoms with van der Waals surface area (Å²) in [6.07, 6.45) is 2.22. The van der Waals surface area contributed by atoms with E-state index in [2.05, 4.69) is 21.4 Å². The predicted octanol–water partition coefficient (Wildman–Crippen LogP) is 2.10.